The second-order valence-corrected chi connectivity index (χ2v) is 3.21. The van der Waals surface area contributed by atoms with Crippen LogP contribution < -0.4 is 0 Å². The standard InChI is InChI=1S/C7H9N5S/c1-4-5(3-8-9-4)6-10-11-7(13)12(6)2/h3H,1-2H3,(H,8,9)(H,11,13). The van der Waals surface area contributed by atoms with Crippen molar-refractivity contribution in [2.75, 3.05) is 0 Å². The molecule has 2 N–H and O–H groups in total. The maximum atomic E-state index is 5.01. The molecular weight excluding hydrogens is 186 g/mol. The molecule has 0 amide bonds. The van der Waals surface area contributed by atoms with Gasteiger partial charge in [-0.1, -0.05) is 0 Å². The van der Waals surface area contributed by atoms with E-state index in [1.807, 2.05) is 18.5 Å². The number of aromatic amines is 2. The minimum atomic E-state index is 0.607. The highest BCUT2D eigenvalue weighted by molar-refractivity contribution is 7.71. The topological polar surface area (TPSA) is 62.3 Å². The zero-order valence-corrected chi connectivity index (χ0v) is 8.14. The lowest BCUT2D eigenvalue weighted by Gasteiger charge is -1.96. The summed E-state index contributed by atoms with van der Waals surface area (Å²) in [5.41, 5.74) is 1.95. The van der Waals surface area contributed by atoms with Crippen LogP contribution in [0.2, 0.25) is 0 Å². The Bertz CT molecular complexity index is 477. The van der Waals surface area contributed by atoms with Gasteiger partial charge < -0.3 is 4.57 Å². The number of aromatic nitrogens is 5. The number of aryl methyl sites for hydroxylation is 1. The van der Waals surface area contributed by atoms with Crippen molar-refractivity contribution in [2.24, 2.45) is 7.05 Å². The SMILES string of the molecule is Cc1[nH]ncc1-c1n[nH]c(=S)n1C. The minimum absolute atomic E-state index is 0.607. The highest BCUT2D eigenvalue weighted by atomic mass is 32.1. The molecule has 0 unspecified atom stereocenters. The van der Waals surface area contributed by atoms with Crippen LogP contribution in [0.15, 0.2) is 6.20 Å². The molecule has 0 saturated heterocycles. The molecule has 5 nitrogen and oxygen atoms in total. The van der Waals surface area contributed by atoms with Gasteiger partial charge in [-0.2, -0.15) is 10.2 Å². The second kappa shape index (κ2) is 2.81. The third-order valence-corrected chi connectivity index (χ3v) is 2.32. The minimum Gasteiger partial charge on any atom is -0.303 e. The summed E-state index contributed by atoms with van der Waals surface area (Å²) in [7, 11) is 1.87. The van der Waals surface area contributed by atoms with Gasteiger partial charge in [0.2, 0.25) is 0 Å². The quantitative estimate of drug-likeness (QED) is 0.671. The van der Waals surface area contributed by atoms with E-state index in [1.54, 1.807) is 6.20 Å². The Morgan fingerprint density at radius 1 is 1.46 bits per heavy atom. The van der Waals surface area contributed by atoms with Gasteiger partial charge in [0.05, 0.1) is 11.8 Å². The van der Waals surface area contributed by atoms with Gasteiger partial charge >= 0.3 is 0 Å². The van der Waals surface area contributed by atoms with Crippen LogP contribution in [0.5, 0.6) is 0 Å². The fraction of sp³-hybridized carbons (Fsp3) is 0.286. The summed E-state index contributed by atoms with van der Waals surface area (Å²) in [6.07, 6.45) is 1.74. The van der Waals surface area contributed by atoms with E-state index in [0.717, 1.165) is 17.1 Å². The molecule has 0 saturated carbocycles. The number of nitrogens with one attached hydrogen (secondary N) is 2. The number of hydrogen-bond donors (Lipinski definition) is 2. The van der Waals surface area contributed by atoms with Gasteiger partial charge in [-0.15, -0.1) is 0 Å². The Morgan fingerprint density at radius 3 is 2.69 bits per heavy atom. The summed E-state index contributed by atoms with van der Waals surface area (Å²) in [4.78, 5) is 0. The molecule has 2 heterocycles. The van der Waals surface area contributed by atoms with Crippen LogP contribution in [0.4, 0.5) is 0 Å². The van der Waals surface area contributed by atoms with E-state index >= 15 is 0 Å². The molecule has 68 valence electrons. The van der Waals surface area contributed by atoms with E-state index in [9.17, 15) is 0 Å². The fourth-order valence-electron chi connectivity index (χ4n) is 1.16. The third kappa shape index (κ3) is 1.19. The molecule has 0 aliphatic carbocycles. The molecule has 2 aromatic heterocycles. The lowest BCUT2D eigenvalue weighted by molar-refractivity contribution is 0.901. The van der Waals surface area contributed by atoms with E-state index in [4.69, 9.17) is 12.2 Å². The molecule has 2 rings (SSSR count). The zero-order valence-electron chi connectivity index (χ0n) is 7.33. The molecule has 6 heteroatoms. The maximum absolute atomic E-state index is 5.01. The molecule has 0 radical (unpaired) electrons. The van der Waals surface area contributed by atoms with Crippen LogP contribution in [0.3, 0.4) is 0 Å². The van der Waals surface area contributed by atoms with Crippen molar-refractivity contribution in [3.63, 3.8) is 0 Å². The van der Waals surface area contributed by atoms with Crippen molar-refractivity contribution in [1.29, 1.82) is 0 Å². The van der Waals surface area contributed by atoms with Gasteiger partial charge in [0.25, 0.3) is 0 Å². The van der Waals surface area contributed by atoms with E-state index in [0.29, 0.717) is 4.77 Å². The highest BCUT2D eigenvalue weighted by Crippen LogP contribution is 2.17. The molecule has 0 bridgehead atoms. The first-order valence-corrected chi connectivity index (χ1v) is 4.22. The van der Waals surface area contributed by atoms with Crippen LogP contribution in [0, 0.1) is 11.7 Å². The van der Waals surface area contributed by atoms with E-state index < -0.39 is 0 Å². The molecule has 0 aromatic carbocycles. The van der Waals surface area contributed by atoms with Crippen molar-refractivity contribution in [3.8, 4) is 11.4 Å². The van der Waals surface area contributed by atoms with Crippen molar-refractivity contribution in [2.45, 2.75) is 6.92 Å². The number of H-pyrrole nitrogens is 2. The third-order valence-electron chi connectivity index (χ3n) is 1.95. The maximum Gasteiger partial charge on any atom is 0.195 e. The normalized spacial score (nSPS) is 10.6. The van der Waals surface area contributed by atoms with Gasteiger partial charge in [0, 0.05) is 12.7 Å². The van der Waals surface area contributed by atoms with Crippen LogP contribution in [-0.4, -0.2) is 25.0 Å². The van der Waals surface area contributed by atoms with E-state index in [-0.39, 0.29) is 0 Å². The smallest absolute Gasteiger partial charge is 0.195 e. The first-order valence-electron chi connectivity index (χ1n) is 3.82. The molecule has 0 aliphatic rings. The summed E-state index contributed by atoms with van der Waals surface area (Å²) in [6, 6.07) is 0. The monoisotopic (exact) mass is 195 g/mol. The fourth-order valence-corrected chi connectivity index (χ4v) is 1.30. The number of nitrogens with zero attached hydrogens (tertiary/aromatic N) is 3. The van der Waals surface area contributed by atoms with Crippen molar-refractivity contribution in [3.05, 3.63) is 16.7 Å². The zero-order chi connectivity index (χ0) is 9.42. The molecule has 2 aromatic rings. The lowest BCUT2D eigenvalue weighted by atomic mass is 10.2. The molecule has 13 heavy (non-hydrogen) atoms. The summed E-state index contributed by atoms with van der Waals surface area (Å²) < 4.78 is 2.42. The van der Waals surface area contributed by atoms with Crippen molar-refractivity contribution >= 4 is 12.2 Å². The molecule has 0 aliphatic heterocycles. The second-order valence-electron chi connectivity index (χ2n) is 2.82. The van der Waals surface area contributed by atoms with Crippen LogP contribution >= 0.6 is 12.2 Å². The summed E-state index contributed by atoms with van der Waals surface area (Å²) in [5.74, 6) is 0.802. The average molecular weight is 195 g/mol. The first-order chi connectivity index (χ1) is 6.20. The van der Waals surface area contributed by atoms with Crippen LogP contribution in [0.1, 0.15) is 5.69 Å². The Labute approximate surface area is 79.8 Å². The predicted molar refractivity (Wildman–Crippen MR) is 50.7 cm³/mol. The summed E-state index contributed by atoms with van der Waals surface area (Å²) in [5, 5.41) is 13.6. The molecule has 0 spiro atoms. The Balaban J connectivity index is 2.65. The Kier molecular flexibility index (Phi) is 1.77. The van der Waals surface area contributed by atoms with Gasteiger partial charge in [-0.25, -0.2) is 0 Å². The van der Waals surface area contributed by atoms with Gasteiger partial charge in [0.1, 0.15) is 0 Å². The van der Waals surface area contributed by atoms with Gasteiger partial charge in [0.15, 0.2) is 10.6 Å². The summed E-state index contributed by atoms with van der Waals surface area (Å²) >= 11 is 5.01. The number of hydrogen-bond acceptors (Lipinski definition) is 3. The molecular formula is C7H9N5S. The van der Waals surface area contributed by atoms with Crippen molar-refractivity contribution < 1.29 is 0 Å². The van der Waals surface area contributed by atoms with Gasteiger partial charge in [-0.05, 0) is 19.1 Å². The largest absolute Gasteiger partial charge is 0.303 e. The van der Waals surface area contributed by atoms with Crippen LogP contribution in [-0.2, 0) is 7.05 Å². The number of rotatable bonds is 1. The van der Waals surface area contributed by atoms with Crippen molar-refractivity contribution in [1.82, 2.24) is 25.0 Å². The van der Waals surface area contributed by atoms with Crippen LogP contribution in [0.25, 0.3) is 11.4 Å². The first kappa shape index (κ1) is 8.18. The Hall–Kier alpha value is -1.43. The Morgan fingerprint density at radius 2 is 2.23 bits per heavy atom. The van der Waals surface area contributed by atoms with E-state index in [2.05, 4.69) is 20.4 Å². The lowest BCUT2D eigenvalue weighted by Crippen LogP contribution is -1.92. The molecule has 0 fully saturated rings. The van der Waals surface area contributed by atoms with Gasteiger partial charge in [-0.3, -0.25) is 10.2 Å². The summed E-state index contributed by atoms with van der Waals surface area (Å²) in [6.45, 7) is 1.94. The molecule has 0 atom stereocenters. The average Bonchev–Trinajstić information content (AvgIpc) is 2.62. The van der Waals surface area contributed by atoms with E-state index in [1.165, 1.54) is 0 Å². The highest BCUT2D eigenvalue weighted by Gasteiger charge is 2.09. The predicted octanol–water partition coefficient (Wildman–Crippen LogP) is 1.18.